The highest BCUT2D eigenvalue weighted by Gasteiger charge is 2.39. The molecule has 3 aromatic carbocycles. The minimum Gasteiger partial charge on any atom is -0.314 e. The maximum Gasteiger partial charge on any atom is 0.163 e. The summed E-state index contributed by atoms with van der Waals surface area (Å²) in [5, 5.41) is 5.46. The molecule has 0 saturated heterocycles. The summed E-state index contributed by atoms with van der Waals surface area (Å²) in [6.07, 6.45) is 4.03. The van der Waals surface area contributed by atoms with Crippen molar-refractivity contribution in [2.24, 2.45) is 4.99 Å². The van der Waals surface area contributed by atoms with E-state index in [2.05, 4.69) is 11.0 Å². The molecule has 2 aliphatic rings. The number of para-hydroxylation sites is 1. The van der Waals surface area contributed by atoms with Crippen molar-refractivity contribution < 1.29 is 4.39 Å². The number of benzene rings is 3. The van der Waals surface area contributed by atoms with E-state index in [9.17, 15) is 0 Å². The molecule has 1 unspecified atom stereocenters. The molecular formula is C26H18ClFN4. The molecule has 0 N–H and O–H groups in total. The van der Waals surface area contributed by atoms with Crippen LogP contribution >= 0.6 is 11.6 Å². The molecule has 0 fully saturated rings. The van der Waals surface area contributed by atoms with Crippen LogP contribution in [0.15, 0.2) is 83.9 Å². The number of fused-ring (bicyclic) bond motifs is 4. The van der Waals surface area contributed by atoms with Crippen LogP contribution in [0, 0.1) is 12.7 Å². The SMILES string of the molecule is Cc1nn(-c2ccc(Cl)cc2)c2c1C(c1ccccc1F)N1C(=N2)C=Cc2ccccc21. The Kier molecular flexibility index (Phi) is 4.26. The number of aliphatic imine (C=N–C) groups is 1. The lowest BCUT2D eigenvalue weighted by Gasteiger charge is -2.39. The maximum absolute atomic E-state index is 15.2. The molecule has 32 heavy (non-hydrogen) atoms. The second-order valence-electron chi connectivity index (χ2n) is 7.87. The Balaban J connectivity index is 1.65. The molecule has 1 aromatic heterocycles. The lowest BCUT2D eigenvalue weighted by atomic mass is 9.92. The van der Waals surface area contributed by atoms with Gasteiger partial charge in [-0.05, 0) is 61.0 Å². The summed E-state index contributed by atoms with van der Waals surface area (Å²) in [7, 11) is 0. The molecule has 0 saturated carbocycles. The Hall–Kier alpha value is -3.70. The standard InChI is InChI=1S/C26H18ClFN4/c1-16-24-25(20-7-3-4-8-21(20)28)31-22-9-5-2-6-17(22)10-15-23(31)29-26(24)32(30-16)19-13-11-18(27)12-14-19/h2-15,25H,1H3. The molecule has 0 aliphatic carbocycles. The van der Waals surface area contributed by atoms with Gasteiger partial charge >= 0.3 is 0 Å². The summed E-state index contributed by atoms with van der Waals surface area (Å²) in [5.74, 6) is 1.20. The molecule has 1 atom stereocenters. The van der Waals surface area contributed by atoms with E-state index in [4.69, 9.17) is 21.7 Å². The van der Waals surface area contributed by atoms with Gasteiger partial charge in [-0.15, -0.1) is 0 Å². The summed E-state index contributed by atoms with van der Waals surface area (Å²) in [4.78, 5) is 7.10. The van der Waals surface area contributed by atoms with Gasteiger partial charge in [0, 0.05) is 16.1 Å². The number of aryl methyl sites for hydroxylation is 1. The maximum atomic E-state index is 15.2. The summed E-state index contributed by atoms with van der Waals surface area (Å²) >= 11 is 6.09. The summed E-state index contributed by atoms with van der Waals surface area (Å²) in [6.45, 7) is 1.95. The van der Waals surface area contributed by atoms with Gasteiger partial charge in [-0.2, -0.15) is 5.10 Å². The molecule has 3 heterocycles. The van der Waals surface area contributed by atoms with E-state index in [0.717, 1.165) is 34.0 Å². The predicted molar refractivity (Wildman–Crippen MR) is 127 cm³/mol. The van der Waals surface area contributed by atoms with Crippen LogP contribution in [0.25, 0.3) is 11.8 Å². The Morgan fingerprint density at radius 1 is 0.906 bits per heavy atom. The molecule has 0 amide bonds. The van der Waals surface area contributed by atoms with E-state index in [1.165, 1.54) is 6.07 Å². The van der Waals surface area contributed by atoms with Gasteiger partial charge in [0.2, 0.25) is 0 Å². The van der Waals surface area contributed by atoms with E-state index in [-0.39, 0.29) is 5.82 Å². The van der Waals surface area contributed by atoms with Gasteiger partial charge in [0.15, 0.2) is 5.82 Å². The largest absolute Gasteiger partial charge is 0.314 e. The van der Waals surface area contributed by atoms with E-state index in [1.807, 2.05) is 78.4 Å². The average Bonchev–Trinajstić information content (AvgIpc) is 3.14. The first-order valence-electron chi connectivity index (χ1n) is 10.4. The van der Waals surface area contributed by atoms with E-state index in [0.29, 0.717) is 16.4 Å². The van der Waals surface area contributed by atoms with Gasteiger partial charge in [-0.1, -0.05) is 48.0 Å². The molecule has 6 heteroatoms. The molecule has 0 spiro atoms. The van der Waals surface area contributed by atoms with E-state index < -0.39 is 6.04 Å². The smallest absolute Gasteiger partial charge is 0.163 e. The number of hydrogen-bond donors (Lipinski definition) is 0. The zero-order valence-corrected chi connectivity index (χ0v) is 18.0. The Morgan fingerprint density at radius 2 is 1.66 bits per heavy atom. The van der Waals surface area contributed by atoms with Crippen molar-refractivity contribution >= 4 is 35.0 Å². The van der Waals surface area contributed by atoms with Gasteiger partial charge in [0.05, 0.1) is 23.1 Å². The van der Waals surface area contributed by atoms with E-state index >= 15 is 4.39 Å². The van der Waals surface area contributed by atoms with Gasteiger partial charge in [0.1, 0.15) is 11.7 Å². The fourth-order valence-electron chi connectivity index (χ4n) is 4.52. The Bertz CT molecular complexity index is 1420. The summed E-state index contributed by atoms with van der Waals surface area (Å²) in [6, 6.07) is 22.1. The predicted octanol–water partition coefficient (Wildman–Crippen LogP) is 6.64. The lowest BCUT2D eigenvalue weighted by molar-refractivity contribution is 0.597. The van der Waals surface area contributed by atoms with Crippen molar-refractivity contribution in [3.05, 3.63) is 112 Å². The molecule has 2 aliphatic heterocycles. The van der Waals surface area contributed by atoms with Crippen LogP contribution in [0.4, 0.5) is 15.9 Å². The Labute approximate surface area is 189 Å². The fourth-order valence-corrected chi connectivity index (χ4v) is 4.65. The monoisotopic (exact) mass is 440 g/mol. The highest BCUT2D eigenvalue weighted by Crippen LogP contribution is 2.47. The number of hydrogen-bond acceptors (Lipinski definition) is 3. The third-order valence-corrected chi connectivity index (χ3v) is 6.21. The van der Waals surface area contributed by atoms with Crippen molar-refractivity contribution in [2.75, 3.05) is 4.90 Å². The first kappa shape index (κ1) is 19.0. The van der Waals surface area contributed by atoms with Gasteiger partial charge in [0.25, 0.3) is 0 Å². The van der Waals surface area contributed by atoms with Crippen LogP contribution in [-0.2, 0) is 0 Å². The first-order chi connectivity index (χ1) is 15.6. The van der Waals surface area contributed by atoms with Crippen molar-refractivity contribution in [2.45, 2.75) is 13.0 Å². The molecule has 4 nitrogen and oxygen atoms in total. The lowest BCUT2D eigenvalue weighted by Crippen LogP contribution is -2.39. The average molecular weight is 441 g/mol. The number of nitrogens with zero attached hydrogens (tertiary/aromatic N) is 4. The second kappa shape index (κ2) is 7.18. The van der Waals surface area contributed by atoms with Gasteiger partial charge in [-0.25, -0.2) is 14.1 Å². The Morgan fingerprint density at radius 3 is 2.47 bits per heavy atom. The van der Waals surface area contributed by atoms with Crippen molar-refractivity contribution in [1.82, 2.24) is 9.78 Å². The zero-order chi connectivity index (χ0) is 21.8. The number of halogens is 2. The minimum absolute atomic E-state index is 0.254. The van der Waals surface area contributed by atoms with Gasteiger partial charge in [-0.3, -0.25) is 0 Å². The third-order valence-electron chi connectivity index (χ3n) is 5.96. The highest BCUT2D eigenvalue weighted by atomic mass is 35.5. The molecule has 0 radical (unpaired) electrons. The van der Waals surface area contributed by atoms with Crippen LogP contribution in [0.3, 0.4) is 0 Å². The van der Waals surface area contributed by atoms with E-state index in [1.54, 1.807) is 6.07 Å². The van der Waals surface area contributed by atoms with Gasteiger partial charge < -0.3 is 4.90 Å². The topological polar surface area (TPSA) is 33.4 Å². The number of aromatic nitrogens is 2. The number of rotatable bonds is 2. The summed E-state index contributed by atoms with van der Waals surface area (Å²) < 4.78 is 17.0. The first-order valence-corrected chi connectivity index (χ1v) is 10.7. The van der Waals surface area contributed by atoms with Crippen LogP contribution in [-0.4, -0.2) is 15.6 Å². The van der Waals surface area contributed by atoms with Crippen molar-refractivity contribution in [1.29, 1.82) is 0 Å². The summed E-state index contributed by atoms with van der Waals surface area (Å²) in [5.41, 5.74) is 5.19. The minimum atomic E-state index is -0.397. The van der Waals surface area contributed by atoms with Crippen molar-refractivity contribution in [3.8, 4) is 5.69 Å². The second-order valence-corrected chi connectivity index (χ2v) is 8.30. The molecule has 0 bridgehead atoms. The van der Waals surface area contributed by atoms with Crippen LogP contribution in [0.2, 0.25) is 5.02 Å². The van der Waals surface area contributed by atoms with Crippen molar-refractivity contribution in [3.63, 3.8) is 0 Å². The highest BCUT2D eigenvalue weighted by molar-refractivity contribution is 6.30. The molecular weight excluding hydrogens is 423 g/mol. The fraction of sp³-hybridized carbons (Fsp3) is 0.0769. The molecule has 6 rings (SSSR count). The van der Waals surface area contributed by atoms with Crippen LogP contribution < -0.4 is 4.90 Å². The third kappa shape index (κ3) is 2.82. The normalized spacial score (nSPS) is 16.3. The number of amidine groups is 1. The number of anilines is 1. The zero-order valence-electron chi connectivity index (χ0n) is 17.2. The van der Waals surface area contributed by atoms with Crippen LogP contribution in [0.1, 0.15) is 28.4 Å². The molecule has 156 valence electrons. The molecule has 4 aromatic rings. The quantitative estimate of drug-likeness (QED) is 0.350. The van der Waals surface area contributed by atoms with Crippen LogP contribution in [0.5, 0.6) is 0 Å².